The van der Waals surface area contributed by atoms with Gasteiger partial charge >= 0.3 is 0 Å². The maximum absolute atomic E-state index is 6.20. The largest absolute Gasteiger partial charge is 0.398 e. The van der Waals surface area contributed by atoms with Gasteiger partial charge in [0.2, 0.25) is 0 Å². The van der Waals surface area contributed by atoms with Crippen LogP contribution >= 0.6 is 0 Å². The number of piperidine rings is 1. The van der Waals surface area contributed by atoms with Gasteiger partial charge in [-0.05, 0) is 62.5 Å². The van der Waals surface area contributed by atoms with Crippen molar-refractivity contribution in [2.75, 3.05) is 37.8 Å². The fourth-order valence-corrected chi connectivity index (χ4v) is 3.33. The highest BCUT2D eigenvalue weighted by atomic mass is 15.2. The molecule has 1 aliphatic heterocycles. The molecule has 2 rings (SSSR count). The first-order valence-electron chi connectivity index (χ1n) is 8.27. The summed E-state index contributed by atoms with van der Waals surface area (Å²) in [6.07, 6.45) is 3.50. The predicted molar refractivity (Wildman–Crippen MR) is 93.2 cm³/mol. The Hall–Kier alpha value is -1.22. The van der Waals surface area contributed by atoms with Gasteiger partial charge < -0.3 is 15.5 Å². The zero-order chi connectivity index (χ0) is 15.6. The lowest BCUT2D eigenvalue weighted by Crippen LogP contribution is -2.42. The summed E-state index contributed by atoms with van der Waals surface area (Å²) in [5, 5.41) is 0. The third kappa shape index (κ3) is 3.52. The lowest BCUT2D eigenvalue weighted by molar-refractivity contribution is 0.249. The van der Waals surface area contributed by atoms with E-state index >= 15 is 0 Å². The second kappa shape index (κ2) is 6.69. The van der Waals surface area contributed by atoms with Gasteiger partial charge in [0.15, 0.2) is 0 Å². The summed E-state index contributed by atoms with van der Waals surface area (Å²) in [5.74, 6) is 0.514. The topological polar surface area (TPSA) is 32.5 Å². The number of hydrogen-bond acceptors (Lipinski definition) is 3. The molecular formula is C18H31N3. The van der Waals surface area contributed by atoms with Crippen LogP contribution < -0.4 is 10.6 Å². The van der Waals surface area contributed by atoms with Crippen molar-refractivity contribution < 1.29 is 0 Å². The third-order valence-corrected chi connectivity index (χ3v) is 4.83. The van der Waals surface area contributed by atoms with E-state index in [1.54, 1.807) is 0 Å². The minimum Gasteiger partial charge on any atom is -0.398 e. The van der Waals surface area contributed by atoms with Crippen LogP contribution in [0.4, 0.5) is 11.4 Å². The molecule has 1 saturated heterocycles. The summed E-state index contributed by atoms with van der Waals surface area (Å²) >= 11 is 0. The van der Waals surface area contributed by atoms with Crippen molar-refractivity contribution >= 4 is 11.4 Å². The average molecular weight is 289 g/mol. The summed E-state index contributed by atoms with van der Waals surface area (Å²) < 4.78 is 0. The lowest BCUT2D eigenvalue weighted by Gasteiger charge is -2.38. The highest BCUT2D eigenvalue weighted by molar-refractivity contribution is 5.65. The van der Waals surface area contributed by atoms with Gasteiger partial charge in [0, 0.05) is 30.5 Å². The number of benzene rings is 1. The molecule has 21 heavy (non-hydrogen) atoms. The van der Waals surface area contributed by atoms with E-state index in [0.29, 0.717) is 5.92 Å². The van der Waals surface area contributed by atoms with Crippen molar-refractivity contribution in [1.82, 2.24) is 4.90 Å². The number of rotatable bonds is 4. The molecule has 2 N–H and O–H groups in total. The molecule has 0 amide bonds. The molecule has 1 heterocycles. The molecule has 0 bridgehead atoms. The summed E-state index contributed by atoms with van der Waals surface area (Å²) in [6, 6.07) is 5.26. The number of nitrogen functional groups attached to an aromatic ring is 1. The Morgan fingerprint density at radius 2 is 1.86 bits per heavy atom. The van der Waals surface area contributed by atoms with Crippen molar-refractivity contribution in [2.45, 2.75) is 52.0 Å². The molecule has 0 spiro atoms. The van der Waals surface area contributed by atoms with Crippen molar-refractivity contribution in [3.63, 3.8) is 0 Å². The van der Waals surface area contributed by atoms with Crippen LogP contribution in [0.2, 0.25) is 0 Å². The van der Waals surface area contributed by atoms with Crippen LogP contribution in [0.3, 0.4) is 0 Å². The van der Waals surface area contributed by atoms with E-state index < -0.39 is 0 Å². The molecule has 0 saturated carbocycles. The van der Waals surface area contributed by atoms with Gasteiger partial charge in [-0.15, -0.1) is 0 Å². The van der Waals surface area contributed by atoms with Crippen LogP contribution in [0, 0.1) is 0 Å². The second-order valence-electron chi connectivity index (χ2n) is 6.80. The van der Waals surface area contributed by atoms with Gasteiger partial charge in [0.25, 0.3) is 0 Å². The molecule has 0 aliphatic carbocycles. The molecule has 118 valence electrons. The van der Waals surface area contributed by atoms with Gasteiger partial charge in [0.1, 0.15) is 0 Å². The molecule has 0 aromatic heterocycles. The molecule has 1 aromatic rings. The SMILES string of the molecule is CCc1cc(N2CCC(N(C)C)CC2)c(C(C)C)cc1N. The Morgan fingerprint density at radius 3 is 2.33 bits per heavy atom. The van der Waals surface area contributed by atoms with E-state index in [9.17, 15) is 0 Å². The monoisotopic (exact) mass is 289 g/mol. The molecule has 1 aliphatic rings. The first-order chi connectivity index (χ1) is 9.93. The molecule has 1 fully saturated rings. The molecule has 0 atom stereocenters. The Bertz CT molecular complexity index is 472. The summed E-state index contributed by atoms with van der Waals surface area (Å²) in [7, 11) is 4.39. The smallest absolute Gasteiger partial charge is 0.0405 e. The minimum atomic E-state index is 0.514. The Balaban J connectivity index is 2.26. The van der Waals surface area contributed by atoms with E-state index in [1.165, 1.54) is 29.7 Å². The van der Waals surface area contributed by atoms with Crippen LogP contribution in [0.25, 0.3) is 0 Å². The van der Waals surface area contributed by atoms with Gasteiger partial charge in [-0.2, -0.15) is 0 Å². The van der Waals surface area contributed by atoms with Crippen molar-refractivity contribution in [3.05, 3.63) is 23.3 Å². The van der Waals surface area contributed by atoms with Crippen molar-refractivity contribution in [3.8, 4) is 0 Å². The van der Waals surface area contributed by atoms with Gasteiger partial charge in [-0.1, -0.05) is 20.8 Å². The summed E-state index contributed by atoms with van der Waals surface area (Å²) in [4.78, 5) is 4.93. The first kappa shape index (κ1) is 16.2. The normalized spacial score (nSPS) is 17.0. The lowest BCUT2D eigenvalue weighted by atomic mass is 9.94. The van der Waals surface area contributed by atoms with Crippen LogP contribution in [-0.2, 0) is 6.42 Å². The highest BCUT2D eigenvalue weighted by Crippen LogP contribution is 2.34. The van der Waals surface area contributed by atoms with E-state index in [2.05, 4.69) is 56.8 Å². The number of anilines is 2. The highest BCUT2D eigenvalue weighted by Gasteiger charge is 2.23. The summed E-state index contributed by atoms with van der Waals surface area (Å²) in [6.45, 7) is 9.00. The number of hydrogen-bond donors (Lipinski definition) is 1. The number of aryl methyl sites for hydroxylation is 1. The van der Waals surface area contributed by atoms with Crippen LogP contribution in [0.15, 0.2) is 12.1 Å². The number of nitrogens with zero attached hydrogens (tertiary/aromatic N) is 2. The van der Waals surface area contributed by atoms with Gasteiger partial charge in [0.05, 0.1) is 0 Å². The van der Waals surface area contributed by atoms with Gasteiger partial charge in [-0.3, -0.25) is 0 Å². The zero-order valence-corrected chi connectivity index (χ0v) is 14.3. The molecular weight excluding hydrogens is 258 g/mol. The van der Waals surface area contributed by atoms with Crippen LogP contribution in [0.1, 0.15) is 50.7 Å². The molecule has 0 unspecified atom stereocenters. The maximum atomic E-state index is 6.20. The Morgan fingerprint density at radius 1 is 1.24 bits per heavy atom. The van der Waals surface area contributed by atoms with Crippen LogP contribution in [-0.4, -0.2) is 38.1 Å². The van der Waals surface area contributed by atoms with Gasteiger partial charge in [-0.25, -0.2) is 0 Å². The molecule has 3 heteroatoms. The fourth-order valence-electron chi connectivity index (χ4n) is 3.33. The minimum absolute atomic E-state index is 0.514. The quantitative estimate of drug-likeness (QED) is 0.861. The zero-order valence-electron chi connectivity index (χ0n) is 14.3. The van der Waals surface area contributed by atoms with E-state index in [1.807, 2.05) is 0 Å². The molecule has 3 nitrogen and oxygen atoms in total. The first-order valence-corrected chi connectivity index (χ1v) is 8.27. The van der Waals surface area contributed by atoms with E-state index in [4.69, 9.17) is 5.73 Å². The number of nitrogens with two attached hydrogens (primary N) is 1. The van der Waals surface area contributed by atoms with E-state index in [0.717, 1.165) is 31.2 Å². The van der Waals surface area contributed by atoms with Crippen molar-refractivity contribution in [1.29, 1.82) is 0 Å². The fraction of sp³-hybridized carbons (Fsp3) is 0.667. The third-order valence-electron chi connectivity index (χ3n) is 4.83. The standard InChI is InChI=1S/C18H31N3/c1-6-14-11-18(16(13(2)3)12-17(14)19)21-9-7-15(8-10-21)20(4)5/h11-13,15H,6-10,19H2,1-5H3. The second-order valence-corrected chi connectivity index (χ2v) is 6.80. The Kier molecular flexibility index (Phi) is 5.15. The molecule has 1 aromatic carbocycles. The Labute approximate surface area is 130 Å². The maximum Gasteiger partial charge on any atom is 0.0405 e. The van der Waals surface area contributed by atoms with Crippen LogP contribution in [0.5, 0.6) is 0 Å². The van der Waals surface area contributed by atoms with Crippen molar-refractivity contribution in [2.24, 2.45) is 0 Å². The summed E-state index contributed by atoms with van der Waals surface area (Å²) in [5.41, 5.74) is 11.2. The average Bonchev–Trinajstić information content (AvgIpc) is 2.47. The van der Waals surface area contributed by atoms with E-state index in [-0.39, 0.29) is 0 Å². The molecule has 0 radical (unpaired) electrons. The predicted octanol–water partition coefficient (Wildman–Crippen LogP) is 3.49.